The largest absolute Gasteiger partial charge is 0.376 e. The number of sulfonamides is 1. The van der Waals surface area contributed by atoms with Gasteiger partial charge in [-0.1, -0.05) is 0 Å². The highest BCUT2D eigenvalue weighted by Crippen LogP contribution is 2.25. The molecule has 3 aromatic rings. The first-order valence-corrected chi connectivity index (χ1v) is 12.1. The number of hydrogen-bond donors (Lipinski definition) is 2. The number of anilines is 1. The molecule has 0 bridgehead atoms. The van der Waals surface area contributed by atoms with Crippen LogP contribution < -0.4 is 15.1 Å². The molecule has 2 aromatic carbocycles. The zero-order chi connectivity index (χ0) is 23.6. The van der Waals surface area contributed by atoms with Crippen molar-refractivity contribution in [1.82, 2.24) is 10.3 Å². The van der Waals surface area contributed by atoms with Gasteiger partial charge in [0, 0.05) is 36.8 Å². The standard InChI is InChI=1S/C23H24FN3O5S/c1-2-27(16-7-5-15(24)6-8-16)33(30,31)18-9-10-21-19(12-18)22(28)20(14-25-21)23(29)26-13-17-4-3-11-32-17/h5-10,12,14,17H,2-4,11,13H2,1H3,(H,25,28)(H,26,29)/t17-/m1/s1. The number of carbonyl (C=O) groups is 1. The van der Waals surface area contributed by atoms with Crippen LogP contribution in [0.25, 0.3) is 10.9 Å². The van der Waals surface area contributed by atoms with E-state index in [-0.39, 0.29) is 28.5 Å². The molecule has 8 nitrogen and oxygen atoms in total. The fourth-order valence-electron chi connectivity index (χ4n) is 3.86. The van der Waals surface area contributed by atoms with Gasteiger partial charge in [0.25, 0.3) is 15.9 Å². The Kier molecular flexibility index (Phi) is 6.48. The lowest BCUT2D eigenvalue weighted by atomic mass is 10.1. The Hall–Kier alpha value is -3.24. The fraction of sp³-hybridized carbons (Fsp3) is 0.304. The highest BCUT2D eigenvalue weighted by atomic mass is 32.2. The Bertz CT molecular complexity index is 1330. The number of benzene rings is 2. The molecule has 0 spiro atoms. The SMILES string of the molecule is CCN(c1ccc(F)cc1)S(=O)(=O)c1ccc2[nH]cc(C(=O)NC[C@H]3CCCO3)c(=O)c2c1. The quantitative estimate of drug-likeness (QED) is 0.549. The van der Waals surface area contributed by atoms with Crippen molar-refractivity contribution in [2.75, 3.05) is 24.0 Å². The molecule has 10 heteroatoms. The number of nitrogens with one attached hydrogen (secondary N) is 2. The molecule has 0 aliphatic carbocycles. The molecular formula is C23H24FN3O5S. The number of H-pyrrole nitrogens is 1. The highest BCUT2D eigenvalue weighted by Gasteiger charge is 2.25. The van der Waals surface area contributed by atoms with Crippen LogP contribution in [0.2, 0.25) is 0 Å². The van der Waals surface area contributed by atoms with Gasteiger partial charge in [-0.2, -0.15) is 0 Å². The smallest absolute Gasteiger partial charge is 0.264 e. The molecular weight excluding hydrogens is 449 g/mol. The summed E-state index contributed by atoms with van der Waals surface area (Å²) in [6, 6.07) is 9.24. The molecule has 33 heavy (non-hydrogen) atoms. The van der Waals surface area contributed by atoms with Crippen molar-refractivity contribution < 1.29 is 22.3 Å². The van der Waals surface area contributed by atoms with Gasteiger partial charge >= 0.3 is 0 Å². The number of amides is 1. The van der Waals surface area contributed by atoms with Crippen molar-refractivity contribution in [1.29, 1.82) is 0 Å². The molecule has 4 rings (SSSR count). The van der Waals surface area contributed by atoms with Gasteiger partial charge in [-0.3, -0.25) is 13.9 Å². The van der Waals surface area contributed by atoms with E-state index >= 15 is 0 Å². The molecule has 2 heterocycles. The monoisotopic (exact) mass is 473 g/mol. The Morgan fingerprint density at radius 1 is 1.24 bits per heavy atom. The minimum Gasteiger partial charge on any atom is -0.376 e. The van der Waals surface area contributed by atoms with E-state index < -0.39 is 27.2 Å². The first-order valence-electron chi connectivity index (χ1n) is 10.6. The summed E-state index contributed by atoms with van der Waals surface area (Å²) in [6.45, 7) is 2.72. The average molecular weight is 474 g/mol. The second-order valence-electron chi connectivity index (χ2n) is 7.73. The van der Waals surface area contributed by atoms with Gasteiger partial charge in [-0.25, -0.2) is 12.8 Å². The molecule has 1 aliphatic heterocycles. The maximum Gasteiger partial charge on any atom is 0.264 e. The van der Waals surface area contributed by atoms with Crippen molar-refractivity contribution in [3.05, 3.63) is 70.3 Å². The van der Waals surface area contributed by atoms with Gasteiger partial charge in [0.2, 0.25) is 5.43 Å². The van der Waals surface area contributed by atoms with E-state index in [9.17, 15) is 22.4 Å². The Morgan fingerprint density at radius 3 is 2.67 bits per heavy atom. The molecule has 174 valence electrons. The predicted molar refractivity (Wildman–Crippen MR) is 122 cm³/mol. The number of carbonyl (C=O) groups excluding carboxylic acids is 1. The summed E-state index contributed by atoms with van der Waals surface area (Å²) < 4.78 is 46.5. The number of fused-ring (bicyclic) bond motifs is 1. The van der Waals surface area contributed by atoms with Crippen LogP contribution in [0.15, 0.2) is 58.4 Å². The Labute approximate surface area is 190 Å². The van der Waals surface area contributed by atoms with Crippen molar-refractivity contribution in [2.24, 2.45) is 0 Å². The number of aromatic nitrogens is 1. The second-order valence-corrected chi connectivity index (χ2v) is 9.59. The van der Waals surface area contributed by atoms with E-state index in [2.05, 4.69) is 10.3 Å². The van der Waals surface area contributed by atoms with E-state index in [1.165, 1.54) is 48.7 Å². The number of aromatic amines is 1. The maximum absolute atomic E-state index is 13.3. The maximum atomic E-state index is 13.3. The summed E-state index contributed by atoms with van der Waals surface area (Å²) in [5, 5.41) is 2.78. The van der Waals surface area contributed by atoms with E-state index in [0.29, 0.717) is 24.4 Å². The molecule has 2 N–H and O–H groups in total. The van der Waals surface area contributed by atoms with Gasteiger partial charge in [-0.15, -0.1) is 0 Å². The molecule has 0 unspecified atom stereocenters. The summed E-state index contributed by atoms with van der Waals surface area (Å²) in [7, 11) is -4.04. The molecule has 1 atom stereocenters. The highest BCUT2D eigenvalue weighted by molar-refractivity contribution is 7.92. The van der Waals surface area contributed by atoms with Gasteiger partial charge < -0.3 is 15.0 Å². The van der Waals surface area contributed by atoms with Crippen LogP contribution >= 0.6 is 0 Å². The van der Waals surface area contributed by atoms with Crippen LogP contribution in [0.3, 0.4) is 0 Å². The van der Waals surface area contributed by atoms with Crippen molar-refractivity contribution in [2.45, 2.75) is 30.8 Å². The van der Waals surface area contributed by atoms with E-state index in [1.54, 1.807) is 6.92 Å². The third-order valence-electron chi connectivity index (χ3n) is 5.60. The summed E-state index contributed by atoms with van der Waals surface area (Å²) in [5.41, 5.74) is 0.0195. The average Bonchev–Trinajstić information content (AvgIpc) is 3.33. The normalized spacial score (nSPS) is 16.1. The fourth-order valence-corrected chi connectivity index (χ4v) is 5.36. The zero-order valence-corrected chi connectivity index (χ0v) is 18.8. The van der Waals surface area contributed by atoms with Crippen LogP contribution in [0, 0.1) is 5.82 Å². The minimum absolute atomic E-state index is 0.0725. The van der Waals surface area contributed by atoms with Crippen LogP contribution in [0.1, 0.15) is 30.1 Å². The molecule has 0 saturated carbocycles. The first kappa shape index (κ1) is 22.9. The molecule has 1 aromatic heterocycles. The van der Waals surface area contributed by atoms with Crippen LogP contribution in [-0.4, -0.2) is 45.1 Å². The van der Waals surface area contributed by atoms with Crippen LogP contribution in [0.5, 0.6) is 0 Å². The predicted octanol–water partition coefficient (Wildman–Crippen LogP) is 2.79. The Balaban J connectivity index is 1.67. The van der Waals surface area contributed by atoms with E-state index in [1.807, 2.05) is 0 Å². The number of nitrogens with zero attached hydrogens (tertiary/aromatic N) is 1. The lowest BCUT2D eigenvalue weighted by Gasteiger charge is -2.23. The third kappa shape index (κ3) is 4.62. The van der Waals surface area contributed by atoms with Gasteiger partial charge in [-0.05, 0) is 62.2 Å². The number of pyridine rings is 1. The summed E-state index contributed by atoms with van der Waals surface area (Å²) in [6.07, 6.45) is 3.02. The van der Waals surface area contributed by atoms with Crippen molar-refractivity contribution >= 4 is 32.5 Å². The summed E-state index contributed by atoms with van der Waals surface area (Å²) in [5.74, 6) is -1.03. The van der Waals surface area contributed by atoms with Crippen molar-refractivity contribution in [3.63, 3.8) is 0 Å². The van der Waals surface area contributed by atoms with E-state index in [4.69, 9.17) is 4.74 Å². The molecule has 0 radical (unpaired) electrons. The number of ether oxygens (including phenoxy) is 1. The molecule has 1 saturated heterocycles. The first-order chi connectivity index (χ1) is 15.8. The lowest BCUT2D eigenvalue weighted by Crippen LogP contribution is -2.34. The van der Waals surface area contributed by atoms with Crippen LogP contribution in [0.4, 0.5) is 10.1 Å². The third-order valence-corrected chi connectivity index (χ3v) is 7.50. The molecule has 1 aliphatic rings. The van der Waals surface area contributed by atoms with Gasteiger partial charge in [0.15, 0.2) is 0 Å². The minimum atomic E-state index is -4.04. The second kappa shape index (κ2) is 9.32. The van der Waals surface area contributed by atoms with Crippen LogP contribution in [-0.2, 0) is 14.8 Å². The molecule has 1 amide bonds. The number of halogens is 1. The Morgan fingerprint density at radius 2 is 2.00 bits per heavy atom. The number of rotatable bonds is 7. The van der Waals surface area contributed by atoms with Gasteiger partial charge in [0.05, 0.1) is 16.7 Å². The summed E-state index contributed by atoms with van der Waals surface area (Å²) >= 11 is 0. The molecule has 1 fully saturated rings. The zero-order valence-electron chi connectivity index (χ0n) is 18.0. The summed E-state index contributed by atoms with van der Waals surface area (Å²) in [4.78, 5) is 28.4. The van der Waals surface area contributed by atoms with E-state index in [0.717, 1.165) is 17.1 Å². The van der Waals surface area contributed by atoms with Crippen molar-refractivity contribution in [3.8, 4) is 0 Å². The lowest BCUT2D eigenvalue weighted by molar-refractivity contribution is 0.0857. The van der Waals surface area contributed by atoms with Gasteiger partial charge in [0.1, 0.15) is 11.4 Å². The topological polar surface area (TPSA) is 109 Å². The number of hydrogen-bond acceptors (Lipinski definition) is 5.